The summed E-state index contributed by atoms with van der Waals surface area (Å²) in [6.07, 6.45) is 7.27. The Morgan fingerprint density at radius 1 is 1.46 bits per heavy atom. The summed E-state index contributed by atoms with van der Waals surface area (Å²) in [5, 5.41) is 10.0. The molecule has 130 valence electrons. The Kier molecular flexibility index (Phi) is 6.88. The van der Waals surface area contributed by atoms with Gasteiger partial charge in [-0.05, 0) is 54.5 Å². The minimum Gasteiger partial charge on any atom is -0.507 e. The number of rotatable bonds is 7. The van der Waals surface area contributed by atoms with E-state index in [2.05, 4.69) is 55.4 Å². The molecule has 0 saturated heterocycles. The van der Waals surface area contributed by atoms with E-state index in [1.54, 1.807) is 6.07 Å². The number of aromatic hydroxyl groups is 1. The quantitative estimate of drug-likeness (QED) is 0.594. The molecule has 0 bridgehead atoms. The Labute approximate surface area is 154 Å². The molecule has 2 nitrogen and oxygen atoms in total. The first-order valence-corrected chi connectivity index (χ1v) is 9.40. The fourth-order valence-corrected chi connectivity index (χ4v) is 3.29. The number of allylic oxidation sites excluding steroid dienone is 1. The fraction of sp³-hybridized carbons (Fsp3) is 0.429. The van der Waals surface area contributed by atoms with Gasteiger partial charge in [0.05, 0.1) is 12.7 Å². The smallest absolute Gasteiger partial charge is 0.122 e. The van der Waals surface area contributed by atoms with E-state index in [-0.39, 0.29) is 6.10 Å². The molecular formula is C21H27BrO2. The molecule has 1 N–H and O–H groups in total. The van der Waals surface area contributed by atoms with Crippen LogP contribution in [-0.2, 0) is 4.74 Å². The lowest BCUT2D eigenvalue weighted by Gasteiger charge is -2.19. The first-order valence-electron chi connectivity index (χ1n) is 8.61. The normalized spacial score (nSPS) is 18.1. The fourth-order valence-electron chi connectivity index (χ4n) is 2.91. The van der Waals surface area contributed by atoms with Crippen LogP contribution in [0.2, 0.25) is 0 Å². The van der Waals surface area contributed by atoms with Crippen LogP contribution in [0.15, 0.2) is 52.0 Å². The Morgan fingerprint density at radius 2 is 2.21 bits per heavy atom. The van der Waals surface area contributed by atoms with Crippen LogP contribution >= 0.6 is 15.9 Å². The third-order valence-corrected chi connectivity index (χ3v) is 5.04. The lowest BCUT2D eigenvalue weighted by molar-refractivity contribution is 0.116. The van der Waals surface area contributed by atoms with E-state index in [1.165, 1.54) is 16.7 Å². The predicted octanol–water partition coefficient (Wildman–Crippen LogP) is 6.27. The van der Waals surface area contributed by atoms with Gasteiger partial charge in [-0.1, -0.05) is 61.0 Å². The molecule has 1 aromatic rings. The maximum atomic E-state index is 10.0. The lowest BCUT2D eigenvalue weighted by Crippen LogP contribution is -2.13. The summed E-state index contributed by atoms with van der Waals surface area (Å²) < 4.78 is 6.86. The Bertz CT molecular complexity index is 656. The molecule has 0 fully saturated rings. The minimum absolute atomic E-state index is 0.144. The molecule has 0 radical (unpaired) electrons. The second-order valence-corrected chi connectivity index (χ2v) is 7.48. The average Bonchev–Trinajstić information content (AvgIpc) is 3.02. The van der Waals surface area contributed by atoms with Crippen LogP contribution in [0.5, 0.6) is 5.75 Å². The molecule has 0 spiro atoms. The third kappa shape index (κ3) is 4.84. The first kappa shape index (κ1) is 19.0. The standard InChI is InChI=1S/C21H27BrO2/c1-5-16(12-17-13-18(22)7-8-20(17)23)6-9-21-19(10-11-24-21)15(4)14(2)3/h7-8,10,12-14,21,23H,4-6,9,11H2,1-3H3/b16-12+. The Hall–Kier alpha value is -1.32. The van der Waals surface area contributed by atoms with E-state index >= 15 is 0 Å². The van der Waals surface area contributed by atoms with Gasteiger partial charge >= 0.3 is 0 Å². The summed E-state index contributed by atoms with van der Waals surface area (Å²) in [5.74, 6) is 0.760. The molecule has 3 heteroatoms. The molecule has 0 amide bonds. The topological polar surface area (TPSA) is 29.5 Å². The number of ether oxygens (including phenoxy) is 1. The summed E-state index contributed by atoms with van der Waals surface area (Å²) in [6.45, 7) is 11.4. The molecule has 0 aromatic heterocycles. The summed E-state index contributed by atoms with van der Waals surface area (Å²) in [5.41, 5.74) is 4.62. The van der Waals surface area contributed by atoms with Crippen LogP contribution < -0.4 is 0 Å². The van der Waals surface area contributed by atoms with Crippen LogP contribution in [0.4, 0.5) is 0 Å². The van der Waals surface area contributed by atoms with Crippen molar-refractivity contribution in [2.75, 3.05) is 6.61 Å². The maximum Gasteiger partial charge on any atom is 0.122 e. The maximum absolute atomic E-state index is 10.0. The molecule has 1 aliphatic heterocycles. The number of halogens is 1. The third-order valence-electron chi connectivity index (χ3n) is 4.55. The van der Waals surface area contributed by atoms with E-state index < -0.39 is 0 Å². The summed E-state index contributed by atoms with van der Waals surface area (Å²) in [4.78, 5) is 0. The lowest BCUT2D eigenvalue weighted by atomic mass is 9.90. The molecule has 0 aliphatic carbocycles. The molecule has 0 saturated carbocycles. The highest BCUT2D eigenvalue weighted by molar-refractivity contribution is 9.10. The Balaban J connectivity index is 2.06. The first-order chi connectivity index (χ1) is 11.4. The van der Waals surface area contributed by atoms with Gasteiger partial charge in [-0.2, -0.15) is 0 Å². The van der Waals surface area contributed by atoms with Crippen molar-refractivity contribution in [1.82, 2.24) is 0 Å². The van der Waals surface area contributed by atoms with E-state index in [9.17, 15) is 5.11 Å². The second-order valence-electron chi connectivity index (χ2n) is 6.56. The van der Waals surface area contributed by atoms with Gasteiger partial charge < -0.3 is 9.84 Å². The van der Waals surface area contributed by atoms with Gasteiger partial charge in [0.1, 0.15) is 5.75 Å². The highest BCUT2D eigenvalue weighted by Gasteiger charge is 2.23. The SMILES string of the molecule is C=C(C1=CCOC1CC/C(=C/c1cc(Br)ccc1O)CC)C(C)C. The van der Waals surface area contributed by atoms with Gasteiger partial charge in [-0.3, -0.25) is 0 Å². The molecule has 1 aromatic carbocycles. The number of hydrogen-bond acceptors (Lipinski definition) is 2. The average molecular weight is 391 g/mol. The van der Waals surface area contributed by atoms with Gasteiger partial charge in [0, 0.05) is 10.0 Å². The zero-order valence-corrected chi connectivity index (χ0v) is 16.4. The van der Waals surface area contributed by atoms with E-state index in [1.807, 2.05) is 12.1 Å². The van der Waals surface area contributed by atoms with Crippen molar-refractivity contribution in [3.63, 3.8) is 0 Å². The summed E-state index contributed by atoms with van der Waals surface area (Å²) >= 11 is 3.46. The van der Waals surface area contributed by atoms with Gasteiger partial charge in [0.15, 0.2) is 0 Å². The van der Waals surface area contributed by atoms with E-state index in [0.717, 1.165) is 29.3 Å². The summed E-state index contributed by atoms with van der Waals surface area (Å²) in [6, 6.07) is 5.51. The molecule has 24 heavy (non-hydrogen) atoms. The molecule has 1 aliphatic rings. The Morgan fingerprint density at radius 3 is 2.88 bits per heavy atom. The monoisotopic (exact) mass is 390 g/mol. The van der Waals surface area contributed by atoms with Crippen molar-refractivity contribution in [2.24, 2.45) is 5.92 Å². The van der Waals surface area contributed by atoms with Crippen LogP contribution in [0.25, 0.3) is 6.08 Å². The summed E-state index contributed by atoms with van der Waals surface area (Å²) in [7, 11) is 0. The van der Waals surface area contributed by atoms with Gasteiger partial charge in [0.2, 0.25) is 0 Å². The minimum atomic E-state index is 0.144. The highest BCUT2D eigenvalue weighted by atomic mass is 79.9. The van der Waals surface area contributed by atoms with Crippen molar-refractivity contribution < 1.29 is 9.84 Å². The largest absolute Gasteiger partial charge is 0.507 e. The molecule has 1 unspecified atom stereocenters. The molecular weight excluding hydrogens is 364 g/mol. The van der Waals surface area contributed by atoms with Crippen molar-refractivity contribution >= 4 is 22.0 Å². The van der Waals surface area contributed by atoms with Crippen molar-refractivity contribution in [3.8, 4) is 5.75 Å². The van der Waals surface area contributed by atoms with Gasteiger partial charge in [0.25, 0.3) is 0 Å². The van der Waals surface area contributed by atoms with Crippen LogP contribution in [0.3, 0.4) is 0 Å². The molecule has 1 heterocycles. The predicted molar refractivity (Wildman–Crippen MR) is 105 cm³/mol. The zero-order valence-electron chi connectivity index (χ0n) is 14.8. The van der Waals surface area contributed by atoms with Crippen molar-refractivity contribution in [1.29, 1.82) is 0 Å². The van der Waals surface area contributed by atoms with E-state index in [0.29, 0.717) is 18.3 Å². The number of hydrogen-bond donors (Lipinski definition) is 1. The number of benzene rings is 1. The molecule has 1 atom stereocenters. The van der Waals surface area contributed by atoms with E-state index in [4.69, 9.17) is 4.74 Å². The number of phenolic OH excluding ortho intramolecular Hbond substituents is 1. The van der Waals surface area contributed by atoms with Crippen LogP contribution in [0.1, 0.15) is 45.6 Å². The van der Waals surface area contributed by atoms with Crippen LogP contribution in [0, 0.1) is 5.92 Å². The van der Waals surface area contributed by atoms with Gasteiger partial charge in [-0.25, -0.2) is 0 Å². The van der Waals surface area contributed by atoms with Crippen molar-refractivity contribution in [3.05, 3.63) is 57.6 Å². The van der Waals surface area contributed by atoms with Gasteiger partial charge in [-0.15, -0.1) is 0 Å². The van der Waals surface area contributed by atoms with Crippen molar-refractivity contribution in [2.45, 2.75) is 46.1 Å². The zero-order chi connectivity index (χ0) is 17.7. The molecule has 2 rings (SSSR count). The second kappa shape index (κ2) is 8.68. The van der Waals surface area contributed by atoms with Crippen LogP contribution in [-0.4, -0.2) is 17.8 Å². The highest BCUT2D eigenvalue weighted by Crippen LogP contribution is 2.31. The number of phenols is 1.